The largest absolute Gasteiger partial charge is 0.354 e. The molecule has 2 heterocycles. The third kappa shape index (κ3) is 2.62. The highest BCUT2D eigenvalue weighted by Gasteiger charge is 2.07. The number of imidazole rings is 1. The standard InChI is InChI=1S/C12H16N4O/c1-9-3-2-6-16-8-10(15-12(9)16)7-11(17)14-5-4-13/h2-3,6,8H,4-5,7,13H2,1H3,(H,14,17). The van der Waals surface area contributed by atoms with Crippen LogP contribution in [0.2, 0.25) is 0 Å². The highest BCUT2D eigenvalue weighted by atomic mass is 16.1. The summed E-state index contributed by atoms with van der Waals surface area (Å²) >= 11 is 0. The highest BCUT2D eigenvalue weighted by molar-refractivity contribution is 5.78. The van der Waals surface area contributed by atoms with Crippen LogP contribution >= 0.6 is 0 Å². The number of nitrogens with two attached hydrogens (primary N) is 1. The van der Waals surface area contributed by atoms with E-state index >= 15 is 0 Å². The van der Waals surface area contributed by atoms with Crippen molar-refractivity contribution >= 4 is 11.6 Å². The maximum absolute atomic E-state index is 11.5. The molecule has 5 nitrogen and oxygen atoms in total. The van der Waals surface area contributed by atoms with Crippen molar-refractivity contribution in [2.45, 2.75) is 13.3 Å². The van der Waals surface area contributed by atoms with Gasteiger partial charge in [0.25, 0.3) is 0 Å². The second-order valence-electron chi connectivity index (χ2n) is 3.97. The Kier molecular flexibility index (Phi) is 3.39. The predicted octanol–water partition coefficient (Wildman–Crippen LogP) is 0.260. The van der Waals surface area contributed by atoms with Gasteiger partial charge in [-0.1, -0.05) is 6.07 Å². The smallest absolute Gasteiger partial charge is 0.226 e. The summed E-state index contributed by atoms with van der Waals surface area (Å²) in [6, 6.07) is 3.96. The Morgan fingerprint density at radius 1 is 1.59 bits per heavy atom. The first-order valence-electron chi connectivity index (χ1n) is 5.60. The van der Waals surface area contributed by atoms with Crippen LogP contribution in [0.1, 0.15) is 11.3 Å². The van der Waals surface area contributed by atoms with Crippen molar-refractivity contribution < 1.29 is 4.79 Å². The van der Waals surface area contributed by atoms with Crippen LogP contribution in [0.5, 0.6) is 0 Å². The lowest BCUT2D eigenvalue weighted by Gasteiger charge is -2.00. The molecule has 0 aromatic carbocycles. The zero-order valence-electron chi connectivity index (χ0n) is 9.81. The van der Waals surface area contributed by atoms with Crippen molar-refractivity contribution in [3.8, 4) is 0 Å². The second-order valence-corrected chi connectivity index (χ2v) is 3.97. The van der Waals surface area contributed by atoms with Crippen LogP contribution in [-0.4, -0.2) is 28.4 Å². The molecule has 90 valence electrons. The normalized spacial score (nSPS) is 10.7. The van der Waals surface area contributed by atoms with Gasteiger partial charge in [-0.3, -0.25) is 4.79 Å². The van der Waals surface area contributed by atoms with E-state index in [2.05, 4.69) is 10.3 Å². The average Bonchev–Trinajstić information content (AvgIpc) is 2.70. The average molecular weight is 232 g/mol. The van der Waals surface area contributed by atoms with Crippen molar-refractivity contribution in [3.05, 3.63) is 35.8 Å². The molecule has 2 rings (SSSR count). The van der Waals surface area contributed by atoms with E-state index in [-0.39, 0.29) is 5.91 Å². The Morgan fingerprint density at radius 2 is 2.41 bits per heavy atom. The molecule has 0 aliphatic rings. The van der Waals surface area contributed by atoms with Gasteiger partial charge in [0.05, 0.1) is 12.1 Å². The summed E-state index contributed by atoms with van der Waals surface area (Å²) in [4.78, 5) is 15.9. The monoisotopic (exact) mass is 232 g/mol. The van der Waals surface area contributed by atoms with Crippen LogP contribution in [0.3, 0.4) is 0 Å². The molecule has 0 saturated carbocycles. The van der Waals surface area contributed by atoms with Crippen LogP contribution < -0.4 is 11.1 Å². The number of aryl methyl sites for hydroxylation is 1. The first-order valence-corrected chi connectivity index (χ1v) is 5.60. The van der Waals surface area contributed by atoms with E-state index in [9.17, 15) is 4.79 Å². The maximum atomic E-state index is 11.5. The number of carbonyl (C=O) groups excluding carboxylic acids is 1. The molecule has 2 aromatic rings. The third-order valence-corrected chi connectivity index (χ3v) is 2.54. The summed E-state index contributed by atoms with van der Waals surface area (Å²) in [7, 11) is 0. The molecule has 0 spiro atoms. The van der Waals surface area contributed by atoms with E-state index in [1.165, 1.54) is 0 Å². The fourth-order valence-corrected chi connectivity index (χ4v) is 1.73. The Morgan fingerprint density at radius 3 is 3.12 bits per heavy atom. The number of hydrogen-bond acceptors (Lipinski definition) is 3. The SMILES string of the molecule is Cc1cccn2cc(CC(=O)NCCN)nc12. The van der Waals surface area contributed by atoms with Gasteiger partial charge in [0.1, 0.15) is 5.65 Å². The quantitative estimate of drug-likeness (QED) is 0.794. The Bertz CT molecular complexity index is 532. The van der Waals surface area contributed by atoms with Gasteiger partial charge in [0.15, 0.2) is 0 Å². The molecule has 0 saturated heterocycles. The van der Waals surface area contributed by atoms with Crippen molar-refractivity contribution in [3.63, 3.8) is 0 Å². The fraction of sp³-hybridized carbons (Fsp3) is 0.333. The van der Waals surface area contributed by atoms with Gasteiger partial charge in [-0.05, 0) is 18.6 Å². The Labute approximate surface area is 99.6 Å². The minimum Gasteiger partial charge on any atom is -0.354 e. The van der Waals surface area contributed by atoms with E-state index < -0.39 is 0 Å². The van der Waals surface area contributed by atoms with Crippen LogP contribution in [0.4, 0.5) is 0 Å². The number of pyridine rings is 1. The lowest BCUT2D eigenvalue weighted by atomic mass is 10.3. The molecule has 5 heteroatoms. The summed E-state index contributed by atoms with van der Waals surface area (Å²) < 4.78 is 1.93. The molecule has 0 aliphatic heterocycles. The number of fused-ring (bicyclic) bond motifs is 1. The minimum atomic E-state index is -0.0449. The molecule has 0 aliphatic carbocycles. The maximum Gasteiger partial charge on any atom is 0.226 e. The number of amides is 1. The molecule has 0 atom stereocenters. The van der Waals surface area contributed by atoms with E-state index in [0.717, 1.165) is 16.9 Å². The van der Waals surface area contributed by atoms with Crippen molar-refractivity contribution in [1.29, 1.82) is 0 Å². The highest BCUT2D eigenvalue weighted by Crippen LogP contribution is 2.10. The number of hydrogen-bond donors (Lipinski definition) is 2. The van der Waals surface area contributed by atoms with E-state index in [0.29, 0.717) is 19.5 Å². The Hall–Kier alpha value is -1.88. The molecule has 2 aromatic heterocycles. The van der Waals surface area contributed by atoms with Crippen LogP contribution in [-0.2, 0) is 11.2 Å². The lowest BCUT2D eigenvalue weighted by molar-refractivity contribution is -0.120. The number of nitrogens with one attached hydrogen (secondary N) is 1. The third-order valence-electron chi connectivity index (χ3n) is 2.54. The fourth-order valence-electron chi connectivity index (χ4n) is 1.73. The van der Waals surface area contributed by atoms with Crippen LogP contribution in [0.25, 0.3) is 5.65 Å². The van der Waals surface area contributed by atoms with Gasteiger partial charge in [-0.25, -0.2) is 4.98 Å². The molecular formula is C12H16N4O. The van der Waals surface area contributed by atoms with Gasteiger partial charge < -0.3 is 15.5 Å². The molecule has 0 unspecified atom stereocenters. The summed E-state index contributed by atoms with van der Waals surface area (Å²) in [5.74, 6) is -0.0449. The molecule has 0 fully saturated rings. The van der Waals surface area contributed by atoms with E-state index in [1.54, 1.807) is 0 Å². The molecular weight excluding hydrogens is 216 g/mol. The van der Waals surface area contributed by atoms with Crippen LogP contribution in [0.15, 0.2) is 24.5 Å². The number of rotatable bonds is 4. The van der Waals surface area contributed by atoms with Gasteiger partial charge in [0, 0.05) is 25.5 Å². The Balaban J connectivity index is 2.14. The predicted molar refractivity (Wildman–Crippen MR) is 65.7 cm³/mol. The molecule has 17 heavy (non-hydrogen) atoms. The molecule has 3 N–H and O–H groups in total. The van der Waals surface area contributed by atoms with Crippen molar-refractivity contribution in [2.24, 2.45) is 5.73 Å². The van der Waals surface area contributed by atoms with E-state index in [4.69, 9.17) is 5.73 Å². The number of nitrogens with zero attached hydrogens (tertiary/aromatic N) is 2. The summed E-state index contributed by atoms with van der Waals surface area (Å²) in [6.45, 7) is 2.96. The second kappa shape index (κ2) is 4.97. The first kappa shape index (κ1) is 11.6. The van der Waals surface area contributed by atoms with Gasteiger partial charge in [-0.2, -0.15) is 0 Å². The summed E-state index contributed by atoms with van der Waals surface area (Å²) in [5.41, 5.74) is 8.08. The minimum absolute atomic E-state index is 0.0449. The zero-order chi connectivity index (χ0) is 12.3. The van der Waals surface area contributed by atoms with Crippen molar-refractivity contribution in [1.82, 2.24) is 14.7 Å². The number of aromatic nitrogens is 2. The lowest BCUT2D eigenvalue weighted by Crippen LogP contribution is -2.30. The summed E-state index contributed by atoms with van der Waals surface area (Å²) in [5, 5.41) is 2.73. The molecule has 1 amide bonds. The molecule has 0 radical (unpaired) electrons. The van der Waals surface area contributed by atoms with Crippen molar-refractivity contribution in [2.75, 3.05) is 13.1 Å². The summed E-state index contributed by atoms with van der Waals surface area (Å²) in [6.07, 6.45) is 4.10. The van der Waals surface area contributed by atoms with Crippen LogP contribution in [0, 0.1) is 6.92 Å². The van der Waals surface area contributed by atoms with Gasteiger partial charge >= 0.3 is 0 Å². The van der Waals surface area contributed by atoms with Gasteiger partial charge in [-0.15, -0.1) is 0 Å². The number of carbonyl (C=O) groups is 1. The molecule has 0 bridgehead atoms. The van der Waals surface area contributed by atoms with E-state index in [1.807, 2.05) is 35.9 Å². The zero-order valence-corrected chi connectivity index (χ0v) is 9.81. The topological polar surface area (TPSA) is 72.4 Å². The van der Waals surface area contributed by atoms with Gasteiger partial charge in [0.2, 0.25) is 5.91 Å². The first-order chi connectivity index (χ1) is 8.20.